The standard InChI is InChI=1S/C15H20ClN3O2/c1-3-21-15(20)13-4-5-14(17-10-13)19-8-6-18(7-9-19)11-12(2)16/h4-5,10H,2-3,6-9,11H2,1H3. The van der Waals surface area contributed by atoms with E-state index in [2.05, 4.69) is 21.4 Å². The summed E-state index contributed by atoms with van der Waals surface area (Å²) in [5.41, 5.74) is 0.484. The van der Waals surface area contributed by atoms with Crippen LogP contribution in [0.2, 0.25) is 0 Å². The Hall–Kier alpha value is -1.59. The van der Waals surface area contributed by atoms with Crippen LogP contribution < -0.4 is 4.90 Å². The summed E-state index contributed by atoms with van der Waals surface area (Å²) in [5.74, 6) is 0.550. The number of piperazine rings is 1. The summed E-state index contributed by atoms with van der Waals surface area (Å²) < 4.78 is 4.94. The molecule has 0 atom stereocenters. The summed E-state index contributed by atoms with van der Waals surface area (Å²) in [6.45, 7) is 10.2. The van der Waals surface area contributed by atoms with Crippen LogP contribution in [0.15, 0.2) is 29.9 Å². The quantitative estimate of drug-likeness (QED) is 0.780. The second-order valence-electron chi connectivity index (χ2n) is 4.91. The lowest BCUT2D eigenvalue weighted by Crippen LogP contribution is -2.46. The molecular weight excluding hydrogens is 290 g/mol. The van der Waals surface area contributed by atoms with E-state index in [0.717, 1.165) is 38.5 Å². The summed E-state index contributed by atoms with van der Waals surface area (Å²) in [4.78, 5) is 20.4. The van der Waals surface area contributed by atoms with E-state index in [9.17, 15) is 4.79 Å². The number of ether oxygens (including phenoxy) is 1. The third-order valence-corrected chi connectivity index (χ3v) is 3.47. The number of carbonyl (C=O) groups is 1. The average Bonchev–Trinajstić information content (AvgIpc) is 2.48. The largest absolute Gasteiger partial charge is 0.462 e. The van der Waals surface area contributed by atoms with E-state index in [0.29, 0.717) is 17.2 Å². The van der Waals surface area contributed by atoms with Crippen molar-refractivity contribution in [3.8, 4) is 0 Å². The van der Waals surface area contributed by atoms with Gasteiger partial charge in [-0.25, -0.2) is 9.78 Å². The van der Waals surface area contributed by atoms with Gasteiger partial charge in [0, 0.05) is 44.0 Å². The molecule has 0 aromatic carbocycles. The van der Waals surface area contributed by atoms with Gasteiger partial charge in [-0.05, 0) is 19.1 Å². The smallest absolute Gasteiger partial charge is 0.339 e. The molecule has 2 rings (SSSR count). The van der Waals surface area contributed by atoms with Crippen molar-refractivity contribution in [3.63, 3.8) is 0 Å². The van der Waals surface area contributed by atoms with Crippen molar-refractivity contribution in [2.24, 2.45) is 0 Å². The maximum atomic E-state index is 11.6. The van der Waals surface area contributed by atoms with Crippen molar-refractivity contribution >= 4 is 23.4 Å². The second-order valence-corrected chi connectivity index (χ2v) is 5.44. The Balaban J connectivity index is 1.92. The molecule has 0 saturated carbocycles. The maximum Gasteiger partial charge on any atom is 0.339 e. The van der Waals surface area contributed by atoms with Crippen LogP contribution in [0.3, 0.4) is 0 Å². The van der Waals surface area contributed by atoms with Crippen LogP contribution in [0.5, 0.6) is 0 Å². The van der Waals surface area contributed by atoms with Gasteiger partial charge in [-0.2, -0.15) is 0 Å². The van der Waals surface area contributed by atoms with Gasteiger partial charge in [0.25, 0.3) is 0 Å². The third-order valence-electron chi connectivity index (χ3n) is 3.35. The number of carbonyl (C=O) groups excluding carboxylic acids is 1. The molecule has 6 heteroatoms. The predicted molar refractivity (Wildman–Crippen MR) is 83.8 cm³/mol. The minimum atomic E-state index is -0.331. The average molecular weight is 310 g/mol. The molecule has 2 heterocycles. The summed E-state index contributed by atoms with van der Waals surface area (Å²) in [5, 5.41) is 0.667. The van der Waals surface area contributed by atoms with Gasteiger partial charge >= 0.3 is 5.97 Å². The van der Waals surface area contributed by atoms with E-state index in [4.69, 9.17) is 16.3 Å². The number of anilines is 1. The van der Waals surface area contributed by atoms with E-state index >= 15 is 0 Å². The molecule has 1 aromatic heterocycles. The summed E-state index contributed by atoms with van der Waals surface area (Å²) in [7, 11) is 0. The lowest BCUT2D eigenvalue weighted by molar-refractivity contribution is 0.0526. The minimum absolute atomic E-state index is 0.331. The van der Waals surface area contributed by atoms with Gasteiger partial charge in [0.1, 0.15) is 5.82 Å². The molecular formula is C15H20ClN3O2. The van der Waals surface area contributed by atoms with E-state index < -0.39 is 0 Å². The first-order valence-corrected chi connectivity index (χ1v) is 7.41. The molecule has 114 valence electrons. The number of nitrogens with zero attached hydrogens (tertiary/aromatic N) is 3. The number of hydrogen-bond donors (Lipinski definition) is 0. The van der Waals surface area contributed by atoms with E-state index in [1.54, 1.807) is 19.2 Å². The second kappa shape index (κ2) is 7.43. The van der Waals surface area contributed by atoms with Gasteiger partial charge < -0.3 is 9.64 Å². The summed E-state index contributed by atoms with van der Waals surface area (Å²) >= 11 is 5.83. The maximum absolute atomic E-state index is 11.6. The lowest BCUT2D eigenvalue weighted by Gasteiger charge is -2.35. The fourth-order valence-corrected chi connectivity index (χ4v) is 2.46. The van der Waals surface area contributed by atoms with Crippen LogP contribution in [0.1, 0.15) is 17.3 Å². The Bertz CT molecular complexity index is 496. The van der Waals surface area contributed by atoms with Gasteiger partial charge in [-0.3, -0.25) is 4.90 Å². The molecule has 0 radical (unpaired) electrons. The zero-order valence-electron chi connectivity index (χ0n) is 12.2. The molecule has 1 aromatic rings. The van der Waals surface area contributed by atoms with Gasteiger partial charge in [0.15, 0.2) is 0 Å². The van der Waals surface area contributed by atoms with Crippen LogP contribution in [-0.4, -0.2) is 55.2 Å². The zero-order chi connectivity index (χ0) is 15.2. The molecule has 0 N–H and O–H groups in total. The van der Waals surface area contributed by atoms with Crippen LogP contribution in [-0.2, 0) is 4.74 Å². The van der Waals surface area contributed by atoms with Crippen LogP contribution in [0.25, 0.3) is 0 Å². The van der Waals surface area contributed by atoms with E-state index in [-0.39, 0.29) is 5.97 Å². The Kier molecular flexibility index (Phi) is 5.59. The van der Waals surface area contributed by atoms with E-state index in [1.807, 2.05) is 6.07 Å². The summed E-state index contributed by atoms with van der Waals surface area (Å²) in [6.07, 6.45) is 1.57. The highest BCUT2D eigenvalue weighted by molar-refractivity contribution is 6.29. The molecule has 1 aliphatic rings. The molecule has 0 spiro atoms. The highest BCUT2D eigenvalue weighted by Gasteiger charge is 2.18. The third kappa shape index (κ3) is 4.44. The van der Waals surface area contributed by atoms with Crippen LogP contribution in [0.4, 0.5) is 5.82 Å². The van der Waals surface area contributed by atoms with Gasteiger partial charge in [-0.1, -0.05) is 18.2 Å². The number of pyridine rings is 1. The monoisotopic (exact) mass is 309 g/mol. The zero-order valence-corrected chi connectivity index (χ0v) is 13.0. The number of esters is 1. The fourth-order valence-electron chi connectivity index (χ4n) is 2.29. The number of halogens is 1. The number of aromatic nitrogens is 1. The lowest BCUT2D eigenvalue weighted by atomic mass is 10.2. The van der Waals surface area contributed by atoms with Gasteiger partial charge in [0.05, 0.1) is 12.2 Å². The number of hydrogen-bond acceptors (Lipinski definition) is 5. The SMILES string of the molecule is C=C(Cl)CN1CCN(c2ccc(C(=O)OCC)cn2)CC1. The molecule has 0 bridgehead atoms. The first-order valence-electron chi connectivity index (χ1n) is 7.04. The molecule has 0 unspecified atom stereocenters. The van der Waals surface area contributed by atoms with E-state index in [1.165, 1.54) is 0 Å². The van der Waals surface area contributed by atoms with Crippen molar-refractivity contribution in [2.75, 3.05) is 44.2 Å². The summed E-state index contributed by atoms with van der Waals surface area (Å²) in [6, 6.07) is 3.62. The van der Waals surface area contributed by atoms with Crippen molar-refractivity contribution in [1.29, 1.82) is 0 Å². The highest BCUT2D eigenvalue weighted by atomic mass is 35.5. The van der Waals surface area contributed by atoms with Crippen molar-refractivity contribution in [1.82, 2.24) is 9.88 Å². The molecule has 21 heavy (non-hydrogen) atoms. The molecule has 0 amide bonds. The normalized spacial score (nSPS) is 15.8. The molecule has 0 aliphatic carbocycles. The van der Waals surface area contributed by atoms with Crippen molar-refractivity contribution in [3.05, 3.63) is 35.5 Å². The molecule has 1 fully saturated rings. The van der Waals surface area contributed by atoms with Gasteiger partial charge in [-0.15, -0.1) is 0 Å². The number of rotatable bonds is 5. The van der Waals surface area contributed by atoms with Gasteiger partial charge in [0.2, 0.25) is 0 Å². The Morgan fingerprint density at radius 3 is 2.62 bits per heavy atom. The first kappa shape index (κ1) is 15.8. The van der Waals surface area contributed by atoms with Crippen molar-refractivity contribution in [2.45, 2.75) is 6.92 Å². The topological polar surface area (TPSA) is 45.7 Å². The Morgan fingerprint density at radius 1 is 1.38 bits per heavy atom. The molecule has 5 nitrogen and oxygen atoms in total. The molecule has 1 aliphatic heterocycles. The Labute approximate surface area is 130 Å². The molecule has 1 saturated heterocycles. The van der Waals surface area contributed by atoms with Crippen LogP contribution in [0, 0.1) is 0 Å². The fraction of sp³-hybridized carbons (Fsp3) is 0.467. The van der Waals surface area contributed by atoms with Crippen LogP contribution >= 0.6 is 11.6 Å². The first-order chi connectivity index (χ1) is 10.1. The van der Waals surface area contributed by atoms with Crippen molar-refractivity contribution < 1.29 is 9.53 Å². The predicted octanol–water partition coefficient (Wildman–Crippen LogP) is 2.13. The Morgan fingerprint density at radius 2 is 2.10 bits per heavy atom. The minimum Gasteiger partial charge on any atom is -0.462 e. The highest BCUT2D eigenvalue weighted by Crippen LogP contribution is 2.15.